The molecule has 4 heterocycles. The van der Waals surface area contributed by atoms with Crippen molar-refractivity contribution in [1.82, 2.24) is 30.2 Å². The van der Waals surface area contributed by atoms with E-state index in [1.165, 1.54) is 0 Å². The standard InChI is InChI=1S/C22H22N6O2/c1-3-18-12-20(27-30-18)22(29)24-10-11-28-21(17-5-4-15(2)25-13-17)19(14-26-28)16-6-8-23-9-7-16/h4-9,12-14H,3,10-11H2,1-2H3,(H,24,29). The lowest BCUT2D eigenvalue weighted by molar-refractivity contribution is 0.0943. The summed E-state index contributed by atoms with van der Waals surface area (Å²) >= 11 is 0. The average Bonchev–Trinajstić information content (AvgIpc) is 3.42. The molecule has 0 atom stereocenters. The first kappa shape index (κ1) is 19.5. The number of nitrogens with zero attached hydrogens (tertiary/aromatic N) is 5. The number of carbonyl (C=O) groups excluding carboxylic acids is 1. The first-order valence-electron chi connectivity index (χ1n) is 9.78. The summed E-state index contributed by atoms with van der Waals surface area (Å²) in [5.74, 6) is 0.418. The van der Waals surface area contributed by atoms with Gasteiger partial charge < -0.3 is 9.84 Å². The van der Waals surface area contributed by atoms with E-state index in [1.807, 2.05) is 55.2 Å². The van der Waals surface area contributed by atoms with Crippen molar-refractivity contribution in [2.45, 2.75) is 26.8 Å². The van der Waals surface area contributed by atoms with Gasteiger partial charge in [-0.2, -0.15) is 5.10 Å². The first-order chi connectivity index (χ1) is 14.7. The molecule has 0 bridgehead atoms. The first-order valence-corrected chi connectivity index (χ1v) is 9.78. The molecule has 0 saturated carbocycles. The van der Waals surface area contributed by atoms with Crippen molar-refractivity contribution in [1.29, 1.82) is 0 Å². The summed E-state index contributed by atoms with van der Waals surface area (Å²) in [6, 6.07) is 9.56. The third-order valence-corrected chi connectivity index (χ3v) is 4.76. The maximum atomic E-state index is 12.3. The second kappa shape index (κ2) is 8.69. The molecule has 30 heavy (non-hydrogen) atoms. The van der Waals surface area contributed by atoms with E-state index in [4.69, 9.17) is 4.52 Å². The van der Waals surface area contributed by atoms with E-state index < -0.39 is 0 Å². The lowest BCUT2D eigenvalue weighted by atomic mass is 10.0. The van der Waals surface area contributed by atoms with E-state index in [2.05, 4.69) is 25.5 Å². The molecular formula is C22H22N6O2. The monoisotopic (exact) mass is 402 g/mol. The van der Waals surface area contributed by atoms with Crippen molar-refractivity contribution in [2.75, 3.05) is 6.54 Å². The summed E-state index contributed by atoms with van der Waals surface area (Å²) in [4.78, 5) is 20.8. The normalized spacial score (nSPS) is 10.9. The van der Waals surface area contributed by atoms with Crippen LogP contribution < -0.4 is 5.32 Å². The van der Waals surface area contributed by atoms with Crippen molar-refractivity contribution in [3.8, 4) is 22.4 Å². The molecule has 4 rings (SSSR count). The Bertz CT molecular complexity index is 1130. The summed E-state index contributed by atoms with van der Waals surface area (Å²) in [5.41, 5.74) is 5.14. The summed E-state index contributed by atoms with van der Waals surface area (Å²) < 4.78 is 6.98. The maximum absolute atomic E-state index is 12.3. The van der Waals surface area contributed by atoms with Crippen LogP contribution in [0.2, 0.25) is 0 Å². The van der Waals surface area contributed by atoms with Gasteiger partial charge in [-0.05, 0) is 36.8 Å². The highest BCUT2D eigenvalue weighted by atomic mass is 16.5. The lowest BCUT2D eigenvalue weighted by Crippen LogP contribution is -2.28. The van der Waals surface area contributed by atoms with E-state index in [-0.39, 0.29) is 11.6 Å². The van der Waals surface area contributed by atoms with Gasteiger partial charge in [-0.25, -0.2) is 0 Å². The molecule has 4 aromatic heterocycles. The minimum Gasteiger partial charge on any atom is -0.361 e. The Hall–Kier alpha value is -3.81. The van der Waals surface area contributed by atoms with Crippen molar-refractivity contribution < 1.29 is 9.32 Å². The molecule has 8 heteroatoms. The molecule has 0 aliphatic rings. The van der Waals surface area contributed by atoms with Gasteiger partial charge in [0.1, 0.15) is 5.76 Å². The Morgan fingerprint density at radius 3 is 2.67 bits per heavy atom. The second-order valence-electron chi connectivity index (χ2n) is 6.84. The van der Waals surface area contributed by atoms with E-state index in [9.17, 15) is 4.79 Å². The highest BCUT2D eigenvalue weighted by Gasteiger charge is 2.16. The fourth-order valence-corrected chi connectivity index (χ4v) is 3.16. The number of aryl methyl sites for hydroxylation is 2. The number of hydrogen-bond acceptors (Lipinski definition) is 6. The van der Waals surface area contributed by atoms with Crippen LogP contribution in [0.1, 0.15) is 28.9 Å². The molecule has 152 valence electrons. The summed E-state index contributed by atoms with van der Waals surface area (Å²) in [7, 11) is 0. The van der Waals surface area contributed by atoms with Crippen LogP contribution >= 0.6 is 0 Å². The van der Waals surface area contributed by atoms with Crippen LogP contribution in [-0.4, -0.2) is 37.4 Å². The van der Waals surface area contributed by atoms with Crippen LogP contribution in [0.5, 0.6) is 0 Å². The number of aromatic nitrogens is 5. The number of rotatable bonds is 7. The Balaban J connectivity index is 1.56. The van der Waals surface area contributed by atoms with Crippen molar-refractivity contribution in [2.24, 2.45) is 0 Å². The van der Waals surface area contributed by atoms with E-state index >= 15 is 0 Å². The zero-order chi connectivity index (χ0) is 20.9. The van der Waals surface area contributed by atoms with Gasteiger partial charge >= 0.3 is 0 Å². The fraction of sp³-hybridized carbons (Fsp3) is 0.227. The van der Waals surface area contributed by atoms with E-state index in [1.54, 1.807) is 18.5 Å². The Kier molecular flexibility index (Phi) is 5.65. The van der Waals surface area contributed by atoms with Crippen LogP contribution in [-0.2, 0) is 13.0 Å². The third kappa shape index (κ3) is 4.12. The third-order valence-electron chi connectivity index (χ3n) is 4.76. The zero-order valence-corrected chi connectivity index (χ0v) is 16.9. The summed E-state index contributed by atoms with van der Waals surface area (Å²) in [6.45, 7) is 4.80. The number of hydrogen-bond donors (Lipinski definition) is 1. The van der Waals surface area contributed by atoms with Crippen LogP contribution in [0.25, 0.3) is 22.4 Å². The topological polar surface area (TPSA) is 98.7 Å². The lowest BCUT2D eigenvalue weighted by Gasteiger charge is -2.11. The minimum atomic E-state index is -0.265. The molecular weight excluding hydrogens is 380 g/mol. The largest absolute Gasteiger partial charge is 0.361 e. The zero-order valence-electron chi connectivity index (χ0n) is 16.9. The minimum absolute atomic E-state index is 0.265. The molecule has 0 spiro atoms. The van der Waals surface area contributed by atoms with Gasteiger partial charge in [0.25, 0.3) is 5.91 Å². The molecule has 0 aliphatic carbocycles. The quantitative estimate of drug-likeness (QED) is 0.509. The Morgan fingerprint density at radius 2 is 1.97 bits per heavy atom. The maximum Gasteiger partial charge on any atom is 0.273 e. The second-order valence-corrected chi connectivity index (χ2v) is 6.84. The molecule has 1 amide bonds. The van der Waals surface area contributed by atoms with Crippen LogP contribution in [0.15, 0.2) is 59.6 Å². The van der Waals surface area contributed by atoms with Gasteiger partial charge in [-0.1, -0.05) is 12.1 Å². The van der Waals surface area contributed by atoms with Crippen LogP contribution in [0.3, 0.4) is 0 Å². The predicted molar refractivity (Wildman–Crippen MR) is 112 cm³/mol. The summed E-state index contributed by atoms with van der Waals surface area (Å²) in [5, 5.41) is 11.2. The SMILES string of the molecule is CCc1cc(C(=O)NCCn2ncc(-c3ccncc3)c2-c2ccc(C)nc2)no1. The van der Waals surface area contributed by atoms with Gasteiger partial charge in [-0.15, -0.1) is 0 Å². The molecule has 0 radical (unpaired) electrons. The van der Waals surface area contributed by atoms with Gasteiger partial charge in [0.2, 0.25) is 0 Å². The average molecular weight is 402 g/mol. The highest BCUT2D eigenvalue weighted by molar-refractivity contribution is 5.92. The molecule has 8 nitrogen and oxygen atoms in total. The van der Waals surface area contributed by atoms with Crippen molar-refractivity contribution in [3.63, 3.8) is 0 Å². The smallest absolute Gasteiger partial charge is 0.273 e. The van der Waals surface area contributed by atoms with Crippen molar-refractivity contribution in [3.05, 3.63) is 72.3 Å². The van der Waals surface area contributed by atoms with Gasteiger partial charge in [0.15, 0.2) is 5.69 Å². The number of nitrogens with one attached hydrogen (secondary N) is 1. The van der Waals surface area contributed by atoms with Crippen LogP contribution in [0, 0.1) is 6.92 Å². The van der Waals surface area contributed by atoms with Crippen molar-refractivity contribution >= 4 is 5.91 Å². The van der Waals surface area contributed by atoms with Gasteiger partial charge in [0.05, 0.1) is 18.4 Å². The molecule has 0 fully saturated rings. The summed E-state index contributed by atoms with van der Waals surface area (Å²) in [6.07, 6.45) is 7.88. The van der Waals surface area contributed by atoms with Gasteiger partial charge in [0, 0.05) is 54.4 Å². The Labute approximate surface area is 174 Å². The Morgan fingerprint density at radius 1 is 1.13 bits per heavy atom. The molecule has 0 saturated heterocycles. The van der Waals surface area contributed by atoms with E-state index in [0.29, 0.717) is 25.3 Å². The molecule has 4 aromatic rings. The van der Waals surface area contributed by atoms with E-state index in [0.717, 1.165) is 28.1 Å². The van der Waals surface area contributed by atoms with Gasteiger partial charge in [-0.3, -0.25) is 19.4 Å². The fourth-order valence-electron chi connectivity index (χ4n) is 3.16. The molecule has 0 unspecified atom stereocenters. The molecule has 0 aromatic carbocycles. The predicted octanol–water partition coefficient (Wildman–Crippen LogP) is 3.30. The number of carbonyl (C=O) groups is 1. The molecule has 1 N–H and O–H groups in total. The molecule has 0 aliphatic heterocycles. The highest BCUT2D eigenvalue weighted by Crippen LogP contribution is 2.31. The number of amides is 1. The number of pyridine rings is 2. The van der Waals surface area contributed by atoms with Crippen LogP contribution in [0.4, 0.5) is 0 Å².